The van der Waals surface area contributed by atoms with E-state index in [9.17, 15) is 0 Å². The molecular weight excluding hydrogens is 314 g/mol. The number of pyridine rings is 1. The minimum atomic E-state index is 0.0771. The van der Waals surface area contributed by atoms with Gasteiger partial charge >= 0.3 is 0 Å². The van der Waals surface area contributed by atoms with E-state index in [1.54, 1.807) is 11.3 Å². The minimum Gasteiger partial charge on any atom is -0.486 e. The molecule has 0 aliphatic heterocycles. The molecule has 0 amide bonds. The number of rotatable bonds is 3. The number of thiophene rings is 1. The lowest BCUT2D eigenvalue weighted by atomic mass is 9.87. The van der Waals surface area contributed by atoms with Crippen LogP contribution in [0.2, 0.25) is 5.02 Å². The number of aromatic nitrogens is 1. The van der Waals surface area contributed by atoms with E-state index < -0.39 is 0 Å². The Morgan fingerprint density at radius 3 is 2.68 bits per heavy atom. The zero-order valence-corrected chi connectivity index (χ0v) is 14.5. The van der Waals surface area contributed by atoms with Crippen molar-refractivity contribution in [3.8, 4) is 5.75 Å². The fourth-order valence-electron chi connectivity index (χ4n) is 2.21. The van der Waals surface area contributed by atoms with Gasteiger partial charge in [0, 0.05) is 0 Å². The molecule has 0 aliphatic rings. The molecule has 0 saturated carbocycles. The molecule has 4 heteroatoms. The number of halogens is 1. The van der Waals surface area contributed by atoms with Crippen molar-refractivity contribution in [2.75, 3.05) is 0 Å². The first-order valence-corrected chi connectivity index (χ1v) is 8.45. The van der Waals surface area contributed by atoms with E-state index in [4.69, 9.17) is 16.3 Å². The van der Waals surface area contributed by atoms with E-state index in [-0.39, 0.29) is 5.41 Å². The van der Waals surface area contributed by atoms with Gasteiger partial charge in [0.2, 0.25) is 0 Å². The molecule has 0 spiro atoms. The second kappa shape index (κ2) is 5.90. The molecule has 2 nitrogen and oxygen atoms in total. The maximum absolute atomic E-state index is 6.34. The Morgan fingerprint density at radius 1 is 1.14 bits per heavy atom. The van der Waals surface area contributed by atoms with E-state index in [2.05, 4.69) is 37.9 Å². The Kier molecular flexibility index (Phi) is 4.11. The molecule has 1 aromatic carbocycles. The van der Waals surface area contributed by atoms with E-state index in [0.717, 1.165) is 11.2 Å². The second-order valence-corrected chi connectivity index (χ2v) is 7.65. The van der Waals surface area contributed by atoms with Gasteiger partial charge in [0.05, 0.1) is 20.9 Å². The zero-order valence-electron chi connectivity index (χ0n) is 12.9. The molecule has 0 bridgehead atoms. The summed E-state index contributed by atoms with van der Waals surface area (Å²) in [6, 6.07) is 12.1. The van der Waals surface area contributed by atoms with Crippen molar-refractivity contribution in [3.63, 3.8) is 0 Å². The van der Waals surface area contributed by atoms with Crippen LogP contribution in [-0.4, -0.2) is 4.98 Å². The molecule has 3 rings (SSSR count). The number of hydrogen-bond acceptors (Lipinski definition) is 3. The summed E-state index contributed by atoms with van der Waals surface area (Å²) in [5, 5.41) is 2.69. The van der Waals surface area contributed by atoms with Crippen LogP contribution in [0.3, 0.4) is 0 Å². The predicted octanol–water partition coefficient (Wildman–Crippen LogP) is 5.83. The average Bonchev–Trinajstić information content (AvgIpc) is 2.92. The van der Waals surface area contributed by atoms with Crippen LogP contribution in [0.25, 0.3) is 10.2 Å². The predicted molar refractivity (Wildman–Crippen MR) is 94.1 cm³/mol. The topological polar surface area (TPSA) is 22.1 Å². The maximum atomic E-state index is 6.34. The van der Waals surface area contributed by atoms with Gasteiger partial charge in [-0.3, -0.25) is 0 Å². The van der Waals surface area contributed by atoms with Crippen LogP contribution in [0.5, 0.6) is 5.75 Å². The molecule has 2 heterocycles. The Morgan fingerprint density at radius 2 is 1.95 bits per heavy atom. The van der Waals surface area contributed by atoms with Crippen molar-refractivity contribution in [1.29, 1.82) is 0 Å². The van der Waals surface area contributed by atoms with Crippen molar-refractivity contribution in [2.45, 2.75) is 32.8 Å². The highest BCUT2D eigenvalue weighted by molar-refractivity contribution is 7.17. The van der Waals surface area contributed by atoms with E-state index >= 15 is 0 Å². The van der Waals surface area contributed by atoms with Crippen LogP contribution >= 0.6 is 22.9 Å². The summed E-state index contributed by atoms with van der Waals surface area (Å²) in [5.74, 6) is 0.696. The van der Waals surface area contributed by atoms with Crippen LogP contribution in [0.15, 0.2) is 41.8 Å². The van der Waals surface area contributed by atoms with Gasteiger partial charge in [-0.2, -0.15) is 0 Å². The molecular formula is C18H18ClNOS. The molecule has 0 fully saturated rings. The largest absolute Gasteiger partial charge is 0.486 e. The average molecular weight is 332 g/mol. The van der Waals surface area contributed by atoms with Crippen LogP contribution in [-0.2, 0) is 12.0 Å². The van der Waals surface area contributed by atoms with Crippen LogP contribution in [0.4, 0.5) is 0 Å². The highest BCUT2D eigenvalue weighted by atomic mass is 35.5. The van der Waals surface area contributed by atoms with Gasteiger partial charge < -0.3 is 4.74 Å². The molecule has 0 saturated heterocycles. The molecule has 22 heavy (non-hydrogen) atoms. The van der Waals surface area contributed by atoms with Crippen molar-refractivity contribution in [2.24, 2.45) is 0 Å². The Hall–Kier alpha value is -1.58. The summed E-state index contributed by atoms with van der Waals surface area (Å²) in [6.45, 7) is 6.91. The normalized spacial score (nSPS) is 11.8. The molecule has 3 aromatic rings. The molecule has 0 unspecified atom stereocenters. The minimum absolute atomic E-state index is 0.0771. The second-order valence-electron chi connectivity index (χ2n) is 6.29. The Bertz CT molecular complexity index is 804. The van der Waals surface area contributed by atoms with Crippen molar-refractivity contribution in [1.82, 2.24) is 4.98 Å². The van der Waals surface area contributed by atoms with Crippen LogP contribution in [0, 0.1) is 0 Å². The van der Waals surface area contributed by atoms with E-state index in [1.807, 2.05) is 29.6 Å². The fraction of sp³-hybridized carbons (Fsp3) is 0.278. The van der Waals surface area contributed by atoms with E-state index in [0.29, 0.717) is 17.4 Å². The summed E-state index contributed by atoms with van der Waals surface area (Å²) in [4.78, 5) is 4.58. The lowest BCUT2D eigenvalue weighted by molar-refractivity contribution is 0.302. The summed E-state index contributed by atoms with van der Waals surface area (Å²) in [5.41, 5.74) is 3.19. The summed E-state index contributed by atoms with van der Waals surface area (Å²) < 4.78 is 7.02. The molecule has 0 radical (unpaired) electrons. The molecule has 114 valence electrons. The van der Waals surface area contributed by atoms with Gasteiger partial charge in [-0.25, -0.2) is 4.98 Å². The number of hydrogen-bond donors (Lipinski definition) is 0. The van der Waals surface area contributed by atoms with Crippen molar-refractivity contribution in [3.05, 3.63) is 58.1 Å². The van der Waals surface area contributed by atoms with Crippen LogP contribution < -0.4 is 4.74 Å². The first-order chi connectivity index (χ1) is 10.4. The van der Waals surface area contributed by atoms with Crippen molar-refractivity contribution >= 4 is 33.2 Å². The SMILES string of the molecule is CC(C)(C)c1ccc(OCc2ccc3sccc3n2)c(Cl)c1. The third-order valence-electron chi connectivity index (χ3n) is 3.54. The zero-order chi connectivity index (χ0) is 15.7. The lowest BCUT2D eigenvalue weighted by Crippen LogP contribution is -2.11. The highest BCUT2D eigenvalue weighted by Gasteiger charge is 2.15. The number of nitrogens with zero attached hydrogens (tertiary/aromatic N) is 1. The van der Waals surface area contributed by atoms with E-state index in [1.165, 1.54) is 10.3 Å². The third kappa shape index (κ3) is 3.26. The van der Waals surface area contributed by atoms with Gasteiger partial charge in [0.1, 0.15) is 12.4 Å². The van der Waals surface area contributed by atoms with Crippen molar-refractivity contribution < 1.29 is 4.74 Å². The quantitative estimate of drug-likeness (QED) is 0.602. The Balaban J connectivity index is 1.75. The molecule has 2 aromatic heterocycles. The standard InChI is InChI=1S/C18H18ClNOS/c1-18(2,3)12-4-6-16(14(19)10-12)21-11-13-5-7-17-15(20-13)8-9-22-17/h4-10H,11H2,1-3H3. The molecule has 0 aliphatic carbocycles. The van der Waals surface area contributed by atoms with Gasteiger partial charge in [-0.1, -0.05) is 38.4 Å². The Labute approximate surface area is 139 Å². The summed E-state index contributed by atoms with van der Waals surface area (Å²) >= 11 is 8.03. The first kappa shape index (κ1) is 15.3. The summed E-state index contributed by atoms with van der Waals surface area (Å²) in [6.07, 6.45) is 0. The fourth-order valence-corrected chi connectivity index (χ4v) is 3.17. The third-order valence-corrected chi connectivity index (χ3v) is 4.70. The molecule has 0 N–H and O–H groups in total. The number of ether oxygens (including phenoxy) is 1. The number of benzene rings is 1. The highest BCUT2D eigenvalue weighted by Crippen LogP contribution is 2.31. The maximum Gasteiger partial charge on any atom is 0.138 e. The summed E-state index contributed by atoms with van der Waals surface area (Å²) in [7, 11) is 0. The monoisotopic (exact) mass is 331 g/mol. The lowest BCUT2D eigenvalue weighted by Gasteiger charge is -2.20. The smallest absolute Gasteiger partial charge is 0.138 e. The van der Waals surface area contributed by atoms with Gasteiger partial charge in [0.25, 0.3) is 0 Å². The number of fused-ring (bicyclic) bond motifs is 1. The molecule has 0 atom stereocenters. The van der Waals surface area contributed by atoms with Gasteiger partial charge in [-0.15, -0.1) is 11.3 Å². The van der Waals surface area contributed by atoms with Gasteiger partial charge in [0.15, 0.2) is 0 Å². The van der Waals surface area contributed by atoms with Crippen LogP contribution in [0.1, 0.15) is 32.0 Å². The van der Waals surface area contributed by atoms with Gasteiger partial charge in [-0.05, 0) is 46.7 Å². The first-order valence-electron chi connectivity index (χ1n) is 7.19.